The predicted octanol–water partition coefficient (Wildman–Crippen LogP) is 1.88. The lowest BCUT2D eigenvalue weighted by Crippen LogP contribution is -2.46. The van der Waals surface area contributed by atoms with Crippen LogP contribution in [0.5, 0.6) is 0 Å². The zero-order valence-corrected chi connectivity index (χ0v) is 14.2. The van der Waals surface area contributed by atoms with E-state index in [1.54, 1.807) is 16.3 Å². The molecule has 25 heavy (non-hydrogen) atoms. The third kappa shape index (κ3) is 4.03. The van der Waals surface area contributed by atoms with Crippen molar-refractivity contribution < 1.29 is 19.5 Å². The van der Waals surface area contributed by atoms with Gasteiger partial charge in [0.05, 0.1) is 0 Å². The second-order valence-corrected chi connectivity index (χ2v) is 6.57. The largest absolute Gasteiger partial charge is 0.477 e. The van der Waals surface area contributed by atoms with E-state index in [9.17, 15) is 14.4 Å². The summed E-state index contributed by atoms with van der Waals surface area (Å²) >= 11 is 1.47. The Bertz CT molecular complexity index is 783. The number of rotatable bonds is 4. The molecule has 1 saturated heterocycles. The number of carboxylic acids is 1. The van der Waals surface area contributed by atoms with Crippen molar-refractivity contribution in [2.75, 3.05) is 13.1 Å². The number of nitrogens with zero attached hydrogens (tertiary/aromatic N) is 2. The molecule has 2 aromatic rings. The van der Waals surface area contributed by atoms with E-state index in [0.29, 0.717) is 37.1 Å². The second-order valence-electron chi connectivity index (χ2n) is 5.79. The Hall–Kier alpha value is -2.74. The Kier molecular flexibility index (Phi) is 5.08. The van der Waals surface area contributed by atoms with Crippen molar-refractivity contribution in [3.05, 3.63) is 52.0 Å². The molecule has 0 aliphatic carbocycles. The van der Waals surface area contributed by atoms with Gasteiger partial charge in [0.25, 0.3) is 11.8 Å². The van der Waals surface area contributed by atoms with Gasteiger partial charge in [-0.05, 0) is 36.4 Å². The molecule has 0 spiro atoms. The van der Waals surface area contributed by atoms with Gasteiger partial charge in [-0.3, -0.25) is 9.59 Å². The van der Waals surface area contributed by atoms with E-state index < -0.39 is 5.97 Å². The van der Waals surface area contributed by atoms with E-state index in [4.69, 9.17) is 5.11 Å². The number of piperidine rings is 1. The summed E-state index contributed by atoms with van der Waals surface area (Å²) < 4.78 is 0. The van der Waals surface area contributed by atoms with Gasteiger partial charge in [0, 0.05) is 41.8 Å². The van der Waals surface area contributed by atoms with Gasteiger partial charge in [0.2, 0.25) is 0 Å². The number of carbonyl (C=O) groups excluding carboxylic acids is 2. The maximum Gasteiger partial charge on any atom is 0.354 e. The van der Waals surface area contributed by atoms with Gasteiger partial charge in [0.15, 0.2) is 0 Å². The third-order valence-corrected chi connectivity index (χ3v) is 4.81. The topological polar surface area (TPSA) is 99.6 Å². The van der Waals surface area contributed by atoms with Gasteiger partial charge < -0.3 is 15.3 Å². The van der Waals surface area contributed by atoms with Crippen molar-refractivity contribution in [3.8, 4) is 0 Å². The molecule has 3 rings (SSSR count). The summed E-state index contributed by atoms with van der Waals surface area (Å²) in [5.74, 6) is -1.47. The van der Waals surface area contributed by atoms with Gasteiger partial charge in [0.1, 0.15) is 5.69 Å². The first kappa shape index (κ1) is 17.1. The van der Waals surface area contributed by atoms with Crippen LogP contribution >= 0.6 is 11.3 Å². The van der Waals surface area contributed by atoms with E-state index in [1.165, 1.54) is 29.7 Å². The Morgan fingerprint density at radius 2 is 1.96 bits per heavy atom. The minimum absolute atomic E-state index is 0.0310. The molecule has 7 nitrogen and oxygen atoms in total. The number of aromatic carboxylic acids is 1. The fraction of sp³-hybridized carbons (Fsp3) is 0.294. The summed E-state index contributed by atoms with van der Waals surface area (Å²) in [5, 5.41) is 15.6. The maximum atomic E-state index is 12.5. The fourth-order valence-corrected chi connectivity index (χ4v) is 3.39. The van der Waals surface area contributed by atoms with Gasteiger partial charge in [-0.1, -0.05) is 0 Å². The number of carbonyl (C=O) groups is 3. The number of amides is 2. The van der Waals surface area contributed by atoms with Crippen LogP contribution in [0.3, 0.4) is 0 Å². The lowest BCUT2D eigenvalue weighted by atomic mass is 10.0. The molecule has 2 N–H and O–H groups in total. The minimum atomic E-state index is -1.16. The van der Waals surface area contributed by atoms with Crippen LogP contribution in [0.25, 0.3) is 0 Å². The van der Waals surface area contributed by atoms with E-state index in [-0.39, 0.29) is 23.6 Å². The highest BCUT2D eigenvalue weighted by Gasteiger charge is 2.25. The summed E-state index contributed by atoms with van der Waals surface area (Å²) in [4.78, 5) is 40.9. The average Bonchev–Trinajstić information content (AvgIpc) is 3.17. The van der Waals surface area contributed by atoms with Crippen LogP contribution in [0.15, 0.2) is 35.2 Å². The minimum Gasteiger partial charge on any atom is -0.477 e. The van der Waals surface area contributed by atoms with Gasteiger partial charge >= 0.3 is 5.97 Å². The van der Waals surface area contributed by atoms with Crippen molar-refractivity contribution in [2.24, 2.45) is 0 Å². The summed E-state index contributed by atoms with van der Waals surface area (Å²) in [7, 11) is 0. The fourth-order valence-electron chi connectivity index (χ4n) is 2.75. The highest BCUT2D eigenvalue weighted by atomic mass is 32.1. The van der Waals surface area contributed by atoms with Crippen molar-refractivity contribution in [2.45, 2.75) is 18.9 Å². The Morgan fingerprint density at radius 1 is 1.20 bits per heavy atom. The number of likely N-dealkylation sites (tertiary alicyclic amines) is 1. The monoisotopic (exact) mass is 359 g/mol. The van der Waals surface area contributed by atoms with Crippen molar-refractivity contribution in [1.29, 1.82) is 0 Å². The second kappa shape index (κ2) is 7.43. The number of pyridine rings is 1. The molecule has 0 radical (unpaired) electrons. The molecule has 2 aromatic heterocycles. The number of hydrogen-bond donors (Lipinski definition) is 2. The SMILES string of the molecule is O=C(NC1CCN(C(=O)c2ccnc(C(=O)O)c2)CC1)c1ccsc1. The molecule has 0 atom stereocenters. The number of thiophene rings is 1. The zero-order chi connectivity index (χ0) is 17.8. The standard InChI is InChI=1S/C17H17N3O4S/c21-15(12-4-8-25-10-12)19-13-2-6-20(7-3-13)16(22)11-1-5-18-14(9-11)17(23)24/h1,4-5,8-10,13H,2-3,6-7H2,(H,19,21)(H,23,24). The Morgan fingerprint density at radius 3 is 2.60 bits per heavy atom. The van der Waals surface area contributed by atoms with E-state index in [1.807, 2.05) is 5.38 Å². The van der Waals surface area contributed by atoms with Crippen LogP contribution in [0.2, 0.25) is 0 Å². The molecule has 0 unspecified atom stereocenters. The summed E-state index contributed by atoms with van der Waals surface area (Å²) in [6.07, 6.45) is 2.65. The smallest absolute Gasteiger partial charge is 0.354 e. The average molecular weight is 359 g/mol. The number of nitrogens with one attached hydrogen (secondary N) is 1. The van der Waals surface area contributed by atoms with Gasteiger partial charge in [-0.15, -0.1) is 0 Å². The Balaban J connectivity index is 1.56. The van der Waals surface area contributed by atoms with Crippen LogP contribution < -0.4 is 5.32 Å². The molecule has 2 amide bonds. The number of hydrogen-bond acceptors (Lipinski definition) is 5. The lowest BCUT2D eigenvalue weighted by molar-refractivity contribution is 0.0690. The molecule has 0 bridgehead atoms. The maximum absolute atomic E-state index is 12.5. The first-order valence-electron chi connectivity index (χ1n) is 7.86. The van der Waals surface area contributed by atoms with Crippen LogP contribution in [0, 0.1) is 0 Å². The first-order chi connectivity index (χ1) is 12.0. The summed E-state index contributed by atoms with van der Waals surface area (Å²) in [6.45, 7) is 1.02. The van der Waals surface area contributed by atoms with Crippen LogP contribution in [-0.2, 0) is 0 Å². The van der Waals surface area contributed by atoms with Crippen LogP contribution in [0.4, 0.5) is 0 Å². The molecule has 3 heterocycles. The lowest BCUT2D eigenvalue weighted by Gasteiger charge is -2.32. The predicted molar refractivity (Wildman–Crippen MR) is 91.9 cm³/mol. The molecule has 0 aromatic carbocycles. The summed E-state index contributed by atoms with van der Waals surface area (Å²) in [6, 6.07) is 4.61. The molecule has 1 aliphatic rings. The van der Waals surface area contributed by atoms with Crippen LogP contribution in [-0.4, -0.2) is 51.9 Å². The van der Waals surface area contributed by atoms with E-state index >= 15 is 0 Å². The first-order valence-corrected chi connectivity index (χ1v) is 8.80. The quantitative estimate of drug-likeness (QED) is 0.868. The Labute approximate surface area is 148 Å². The highest BCUT2D eigenvalue weighted by molar-refractivity contribution is 7.08. The molecular weight excluding hydrogens is 342 g/mol. The van der Waals surface area contributed by atoms with Crippen molar-refractivity contribution >= 4 is 29.1 Å². The number of aromatic nitrogens is 1. The third-order valence-electron chi connectivity index (χ3n) is 4.13. The number of carboxylic acid groups (broad SMARTS) is 1. The van der Waals surface area contributed by atoms with Crippen LogP contribution in [0.1, 0.15) is 44.0 Å². The molecule has 8 heteroatoms. The molecule has 0 saturated carbocycles. The summed E-state index contributed by atoms with van der Waals surface area (Å²) in [5.41, 5.74) is 0.818. The molecule has 130 valence electrons. The molecule has 1 aliphatic heterocycles. The van der Waals surface area contributed by atoms with Crippen molar-refractivity contribution in [3.63, 3.8) is 0 Å². The van der Waals surface area contributed by atoms with Gasteiger partial charge in [-0.2, -0.15) is 11.3 Å². The van der Waals surface area contributed by atoms with E-state index in [2.05, 4.69) is 10.3 Å². The highest BCUT2D eigenvalue weighted by Crippen LogP contribution is 2.15. The zero-order valence-electron chi connectivity index (χ0n) is 13.3. The van der Waals surface area contributed by atoms with E-state index in [0.717, 1.165) is 0 Å². The normalized spacial score (nSPS) is 15.0. The van der Waals surface area contributed by atoms with Gasteiger partial charge in [-0.25, -0.2) is 9.78 Å². The molecular formula is C17H17N3O4S. The molecule has 1 fully saturated rings. The van der Waals surface area contributed by atoms with Crippen molar-refractivity contribution in [1.82, 2.24) is 15.2 Å².